The van der Waals surface area contributed by atoms with Gasteiger partial charge in [-0.05, 0) is 49.3 Å². The molecular weight excluding hydrogens is 240 g/mol. The SMILES string of the molecule is CCc1ccc(OC)c(C(CC)CC(O)C(C)O)c1. The van der Waals surface area contributed by atoms with E-state index in [1.165, 1.54) is 5.56 Å². The minimum absolute atomic E-state index is 0.200. The van der Waals surface area contributed by atoms with Crippen molar-refractivity contribution in [2.24, 2.45) is 0 Å². The number of hydrogen-bond donors (Lipinski definition) is 2. The van der Waals surface area contributed by atoms with Gasteiger partial charge in [0.15, 0.2) is 0 Å². The molecule has 0 aliphatic rings. The van der Waals surface area contributed by atoms with Crippen LogP contribution in [0.3, 0.4) is 0 Å². The Morgan fingerprint density at radius 1 is 1.21 bits per heavy atom. The summed E-state index contributed by atoms with van der Waals surface area (Å²) in [5.41, 5.74) is 2.39. The maximum absolute atomic E-state index is 9.89. The van der Waals surface area contributed by atoms with E-state index in [-0.39, 0.29) is 5.92 Å². The highest BCUT2D eigenvalue weighted by molar-refractivity contribution is 5.40. The van der Waals surface area contributed by atoms with E-state index in [0.29, 0.717) is 6.42 Å². The van der Waals surface area contributed by atoms with Crippen LogP contribution in [0, 0.1) is 0 Å². The maximum atomic E-state index is 9.89. The first-order chi connectivity index (χ1) is 9.03. The lowest BCUT2D eigenvalue weighted by Crippen LogP contribution is -2.24. The lowest BCUT2D eigenvalue weighted by molar-refractivity contribution is 0.0214. The van der Waals surface area contributed by atoms with Gasteiger partial charge in [-0.1, -0.05) is 26.0 Å². The molecule has 108 valence electrons. The molecule has 0 bridgehead atoms. The van der Waals surface area contributed by atoms with Crippen molar-refractivity contribution in [3.05, 3.63) is 29.3 Å². The molecule has 3 nitrogen and oxygen atoms in total. The number of rotatable bonds is 7. The first kappa shape index (κ1) is 16.0. The molecule has 3 unspecified atom stereocenters. The van der Waals surface area contributed by atoms with Gasteiger partial charge in [0.1, 0.15) is 5.75 Å². The van der Waals surface area contributed by atoms with Crippen LogP contribution in [0.2, 0.25) is 0 Å². The second-order valence-corrected chi connectivity index (χ2v) is 5.08. The molecule has 0 fully saturated rings. The van der Waals surface area contributed by atoms with Crippen LogP contribution in [-0.2, 0) is 6.42 Å². The third-order valence-electron chi connectivity index (χ3n) is 3.72. The van der Waals surface area contributed by atoms with Crippen molar-refractivity contribution < 1.29 is 14.9 Å². The topological polar surface area (TPSA) is 49.7 Å². The standard InChI is InChI=1S/C16H26O3/c1-5-12-7-8-16(19-4)14(9-12)13(6-2)10-15(18)11(3)17/h7-9,11,13,15,17-18H,5-6,10H2,1-4H3. The summed E-state index contributed by atoms with van der Waals surface area (Å²) in [4.78, 5) is 0. The predicted molar refractivity (Wildman–Crippen MR) is 77.7 cm³/mol. The third-order valence-corrected chi connectivity index (χ3v) is 3.72. The van der Waals surface area contributed by atoms with Crippen LogP contribution in [0.1, 0.15) is 50.7 Å². The van der Waals surface area contributed by atoms with Gasteiger partial charge in [-0.3, -0.25) is 0 Å². The maximum Gasteiger partial charge on any atom is 0.122 e. The first-order valence-electron chi connectivity index (χ1n) is 7.06. The molecule has 0 spiro atoms. The van der Waals surface area contributed by atoms with Gasteiger partial charge in [0.05, 0.1) is 19.3 Å². The fraction of sp³-hybridized carbons (Fsp3) is 0.625. The summed E-state index contributed by atoms with van der Waals surface area (Å²) in [6.45, 7) is 5.84. The average Bonchev–Trinajstić information content (AvgIpc) is 2.43. The van der Waals surface area contributed by atoms with E-state index in [4.69, 9.17) is 4.74 Å². The van der Waals surface area contributed by atoms with E-state index in [2.05, 4.69) is 26.0 Å². The highest BCUT2D eigenvalue weighted by Gasteiger charge is 2.21. The monoisotopic (exact) mass is 266 g/mol. The molecule has 19 heavy (non-hydrogen) atoms. The summed E-state index contributed by atoms with van der Waals surface area (Å²) >= 11 is 0. The first-order valence-corrected chi connectivity index (χ1v) is 7.06. The van der Waals surface area contributed by atoms with Crippen molar-refractivity contribution in [3.8, 4) is 5.75 Å². The van der Waals surface area contributed by atoms with Crippen molar-refractivity contribution in [2.75, 3.05) is 7.11 Å². The quantitative estimate of drug-likeness (QED) is 0.798. The highest BCUT2D eigenvalue weighted by Crippen LogP contribution is 2.33. The molecule has 0 heterocycles. The molecular formula is C16H26O3. The van der Waals surface area contributed by atoms with Crippen LogP contribution in [0.25, 0.3) is 0 Å². The van der Waals surface area contributed by atoms with E-state index >= 15 is 0 Å². The van der Waals surface area contributed by atoms with Gasteiger partial charge in [-0.25, -0.2) is 0 Å². The van der Waals surface area contributed by atoms with Gasteiger partial charge in [-0.2, -0.15) is 0 Å². The molecule has 3 atom stereocenters. The molecule has 1 rings (SSSR count). The van der Waals surface area contributed by atoms with E-state index in [1.807, 2.05) is 6.07 Å². The molecule has 0 saturated carbocycles. The molecule has 3 heteroatoms. The van der Waals surface area contributed by atoms with Gasteiger partial charge in [0, 0.05) is 0 Å². The summed E-state index contributed by atoms with van der Waals surface area (Å²) in [5, 5.41) is 19.3. The summed E-state index contributed by atoms with van der Waals surface area (Å²) < 4.78 is 5.43. The van der Waals surface area contributed by atoms with E-state index < -0.39 is 12.2 Å². The average molecular weight is 266 g/mol. The Morgan fingerprint density at radius 2 is 1.89 bits per heavy atom. The minimum Gasteiger partial charge on any atom is -0.496 e. The number of aliphatic hydroxyl groups excluding tert-OH is 2. The van der Waals surface area contributed by atoms with Crippen molar-refractivity contribution in [1.82, 2.24) is 0 Å². The molecule has 1 aromatic carbocycles. The zero-order valence-electron chi connectivity index (χ0n) is 12.4. The van der Waals surface area contributed by atoms with Crippen LogP contribution < -0.4 is 4.74 Å². The number of aryl methyl sites for hydroxylation is 1. The van der Waals surface area contributed by atoms with E-state index in [0.717, 1.165) is 24.2 Å². The minimum atomic E-state index is -0.700. The van der Waals surface area contributed by atoms with Gasteiger partial charge in [0.2, 0.25) is 0 Å². The molecule has 0 aromatic heterocycles. The van der Waals surface area contributed by atoms with Gasteiger partial charge < -0.3 is 14.9 Å². The van der Waals surface area contributed by atoms with Crippen LogP contribution in [0.4, 0.5) is 0 Å². The Bertz CT molecular complexity index is 388. The van der Waals surface area contributed by atoms with Crippen LogP contribution in [-0.4, -0.2) is 29.5 Å². The van der Waals surface area contributed by atoms with Crippen molar-refractivity contribution in [3.63, 3.8) is 0 Å². The highest BCUT2D eigenvalue weighted by atomic mass is 16.5. The lowest BCUT2D eigenvalue weighted by Gasteiger charge is -2.23. The zero-order valence-corrected chi connectivity index (χ0v) is 12.4. The fourth-order valence-corrected chi connectivity index (χ4v) is 2.32. The molecule has 0 aliphatic heterocycles. The molecule has 0 aliphatic carbocycles. The van der Waals surface area contributed by atoms with Crippen LogP contribution in [0.5, 0.6) is 5.75 Å². The number of ether oxygens (including phenoxy) is 1. The normalized spacial score (nSPS) is 15.9. The van der Waals surface area contributed by atoms with Crippen LogP contribution >= 0.6 is 0 Å². The Kier molecular flexibility index (Phi) is 6.32. The Hall–Kier alpha value is -1.06. The molecule has 0 saturated heterocycles. The molecule has 0 amide bonds. The summed E-state index contributed by atoms with van der Waals surface area (Å²) in [5.74, 6) is 1.06. The van der Waals surface area contributed by atoms with E-state index in [9.17, 15) is 10.2 Å². The predicted octanol–water partition coefficient (Wildman–Crippen LogP) is 2.88. The number of hydrogen-bond acceptors (Lipinski definition) is 3. The van der Waals surface area contributed by atoms with Crippen molar-refractivity contribution in [1.29, 1.82) is 0 Å². The second-order valence-electron chi connectivity index (χ2n) is 5.08. The fourth-order valence-electron chi connectivity index (χ4n) is 2.32. The van der Waals surface area contributed by atoms with Gasteiger partial charge in [0.25, 0.3) is 0 Å². The third kappa shape index (κ3) is 4.22. The van der Waals surface area contributed by atoms with Crippen LogP contribution in [0.15, 0.2) is 18.2 Å². The number of methoxy groups -OCH3 is 1. The Labute approximate surface area is 116 Å². The van der Waals surface area contributed by atoms with Crippen molar-refractivity contribution in [2.45, 2.75) is 58.2 Å². The van der Waals surface area contributed by atoms with Gasteiger partial charge >= 0.3 is 0 Å². The summed E-state index contributed by atoms with van der Waals surface area (Å²) in [6.07, 6.45) is 1.05. The number of benzene rings is 1. The van der Waals surface area contributed by atoms with Crippen molar-refractivity contribution >= 4 is 0 Å². The second kappa shape index (κ2) is 7.51. The Morgan fingerprint density at radius 3 is 2.37 bits per heavy atom. The zero-order chi connectivity index (χ0) is 14.4. The lowest BCUT2D eigenvalue weighted by atomic mass is 9.88. The smallest absolute Gasteiger partial charge is 0.122 e. The Balaban J connectivity index is 3.01. The summed E-state index contributed by atoms with van der Waals surface area (Å²) in [7, 11) is 1.67. The summed E-state index contributed by atoms with van der Waals surface area (Å²) in [6, 6.07) is 6.22. The molecule has 1 aromatic rings. The largest absolute Gasteiger partial charge is 0.496 e. The number of aliphatic hydroxyl groups is 2. The molecule has 2 N–H and O–H groups in total. The van der Waals surface area contributed by atoms with Gasteiger partial charge in [-0.15, -0.1) is 0 Å². The van der Waals surface area contributed by atoms with E-state index in [1.54, 1.807) is 14.0 Å². The molecule has 0 radical (unpaired) electrons.